The minimum Gasteiger partial charge on any atom is -0.545 e. The number of rotatable bonds is 3. The van der Waals surface area contributed by atoms with Gasteiger partial charge in [-0.2, -0.15) is 0 Å². The number of carbonyl (C=O) groups is 2. The Morgan fingerprint density at radius 2 is 1.73 bits per heavy atom. The molecule has 0 bridgehead atoms. The molecule has 0 atom stereocenters. The molecule has 0 radical (unpaired) electrons. The quantitative estimate of drug-likeness (QED) is 0.370. The van der Waals surface area contributed by atoms with Gasteiger partial charge in [0.25, 0.3) is 0 Å². The van der Waals surface area contributed by atoms with Gasteiger partial charge in [-0.3, -0.25) is 0 Å². The Labute approximate surface area is 149 Å². The number of benzene rings is 2. The third-order valence-corrected chi connectivity index (χ3v) is 5.05. The molecule has 0 N–H and O–H groups in total. The predicted molar refractivity (Wildman–Crippen MR) is 85.2 cm³/mol. The van der Waals surface area contributed by atoms with E-state index >= 15 is 0 Å². The van der Waals surface area contributed by atoms with Crippen LogP contribution in [0.5, 0.6) is 5.75 Å². The summed E-state index contributed by atoms with van der Waals surface area (Å²) in [6.45, 7) is 0. The van der Waals surface area contributed by atoms with Crippen molar-refractivity contribution in [2.45, 2.75) is 0 Å². The van der Waals surface area contributed by atoms with Crippen molar-refractivity contribution in [3.63, 3.8) is 0 Å². The minimum absolute atomic E-state index is 0.115. The van der Waals surface area contributed by atoms with Crippen LogP contribution in [0, 0.1) is 5.82 Å². The Balaban J connectivity index is 2.30. The highest BCUT2D eigenvalue weighted by Gasteiger charge is 2.17. The number of ether oxygens (including phenoxy) is 1. The number of carbonyl (C=O) groups excluding carboxylic acids is 2. The van der Waals surface area contributed by atoms with Crippen molar-refractivity contribution in [3.8, 4) is 5.75 Å². The standard InChI is InChI=1S/C14H6Br3FO4/c15-6-3-9(12(17)10(16)4-6)14(21)22-7-1-2-8(13(19)20)11(18)5-7/h1-5H,(H,19,20)/p-1. The zero-order valence-electron chi connectivity index (χ0n) is 10.5. The number of halogens is 4. The smallest absolute Gasteiger partial charge is 0.344 e. The van der Waals surface area contributed by atoms with E-state index in [9.17, 15) is 19.1 Å². The third-order valence-electron chi connectivity index (χ3n) is 2.58. The molecule has 0 spiro atoms. The fourth-order valence-electron chi connectivity index (χ4n) is 1.59. The van der Waals surface area contributed by atoms with Gasteiger partial charge < -0.3 is 14.6 Å². The van der Waals surface area contributed by atoms with E-state index in [1.807, 2.05) is 0 Å². The Kier molecular flexibility index (Phi) is 5.36. The first-order valence-electron chi connectivity index (χ1n) is 5.67. The van der Waals surface area contributed by atoms with Crippen LogP contribution in [0.15, 0.2) is 43.7 Å². The average Bonchev–Trinajstić information content (AvgIpc) is 2.42. The summed E-state index contributed by atoms with van der Waals surface area (Å²) in [7, 11) is 0. The molecule has 0 heterocycles. The normalized spacial score (nSPS) is 10.4. The first-order chi connectivity index (χ1) is 10.3. The summed E-state index contributed by atoms with van der Waals surface area (Å²) >= 11 is 9.76. The monoisotopic (exact) mass is 493 g/mol. The number of carboxylic acids is 1. The maximum absolute atomic E-state index is 13.5. The van der Waals surface area contributed by atoms with Gasteiger partial charge in [0, 0.05) is 25.0 Å². The zero-order valence-corrected chi connectivity index (χ0v) is 15.3. The highest BCUT2D eigenvalue weighted by molar-refractivity contribution is 9.13. The number of carboxylic acid groups (broad SMARTS) is 1. The SMILES string of the molecule is O=C([O-])c1ccc(OC(=O)c2cc(Br)cc(Br)c2Br)cc1F. The minimum atomic E-state index is -1.64. The molecule has 4 nitrogen and oxygen atoms in total. The van der Waals surface area contributed by atoms with Gasteiger partial charge in [0.1, 0.15) is 11.6 Å². The van der Waals surface area contributed by atoms with Crippen LogP contribution in [0.2, 0.25) is 0 Å². The second kappa shape index (κ2) is 6.89. The van der Waals surface area contributed by atoms with E-state index in [1.54, 1.807) is 6.07 Å². The molecule has 0 aliphatic rings. The molecule has 2 aromatic carbocycles. The number of esters is 1. The van der Waals surface area contributed by atoms with Crippen LogP contribution in [0.4, 0.5) is 4.39 Å². The fourth-order valence-corrected chi connectivity index (χ4v) is 3.21. The lowest BCUT2D eigenvalue weighted by atomic mass is 10.2. The molecule has 2 rings (SSSR count). The summed E-state index contributed by atoms with van der Waals surface area (Å²) in [5, 5.41) is 10.6. The molecular weight excluding hydrogens is 491 g/mol. The van der Waals surface area contributed by atoms with Crippen LogP contribution in [0.3, 0.4) is 0 Å². The highest BCUT2D eigenvalue weighted by atomic mass is 79.9. The topological polar surface area (TPSA) is 66.4 Å². The molecule has 0 amide bonds. The van der Waals surface area contributed by atoms with Gasteiger partial charge in [0.05, 0.1) is 11.5 Å². The van der Waals surface area contributed by atoms with E-state index in [0.29, 0.717) is 13.4 Å². The molecule has 8 heteroatoms. The molecule has 22 heavy (non-hydrogen) atoms. The summed E-state index contributed by atoms with van der Waals surface area (Å²) in [4.78, 5) is 22.7. The van der Waals surface area contributed by atoms with E-state index in [2.05, 4.69) is 47.8 Å². The first kappa shape index (κ1) is 17.1. The van der Waals surface area contributed by atoms with Gasteiger partial charge in [0.2, 0.25) is 0 Å². The van der Waals surface area contributed by atoms with Crippen molar-refractivity contribution in [3.05, 3.63) is 60.7 Å². The molecule has 0 aromatic heterocycles. The van der Waals surface area contributed by atoms with Crippen molar-refractivity contribution in [1.29, 1.82) is 0 Å². The lowest BCUT2D eigenvalue weighted by Gasteiger charge is -2.09. The Bertz CT molecular complexity index is 777. The van der Waals surface area contributed by atoms with Crippen molar-refractivity contribution in [1.82, 2.24) is 0 Å². The number of aromatic carboxylic acids is 1. The molecular formula is C14H5Br3FO4-. The molecule has 0 unspecified atom stereocenters. The van der Waals surface area contributed by atoms with Crippen LogP contribution >= 0.6 is 47.8 Å². The fraction of sp³-hybridized carbons (Fsp3) is 0. The summed E-state index contributed by atoms with van der Waals surface area (Å²) in [5.74, 6) is -3.53. The van der Waals surface area contributed by atoms with Crippen LogP contribution in [0.25, 0.3) is 0 Å². The molecule has 0 aliphatic heterocycles. The third kappa shape index (κ3) is 3.74. The summed E-state index contributed by atoms with van der Waals surface area (Å²) in [6, 6.07) is 6.22. The molecule has 0 fully saturated rings. The zero-order chi connectivity index (χ0) is 16.4. The second-order valence-electron chi connectivity index (χ2n) is 4.07. The van der Waals surface area contributed by atoms with Gasteiger partial charge in [0.15, 0.2) is 0 Å². The van der Waals surface area contributed by atoms with Gasteiger partial charge >= 0.3 is 5.97 Å². The molecule has 0 saturated carbocycles. The van der Waals surface area contributed by atoms with Gasteiger partial charge in [-0.25, -0.2) is 9.18 Å². The number of hydrogen-bond donors (Lipinski definition) is 0. The van der Waals surface area contributed by atoms with E-state index in [1.165, 1.54) is 12.1 Å². The lowest BCUT2D eigenvalue weighted by molar-refractivity contribution is -0.255. The van der Waals surface area contributed by atoms with Gasteiger partial charge in [-0.05, 0) is 56.1 Å². The Hall–Kier alpha value is -1.25. The largest absolute Gasteiger partial charge is 0.545 e. The van der Waals surface area contributed by atoms with E-state index in [0.717, 1.165) is 12.1 Å². The van der Waals surface area contributed by atoms with Crippen molar-refractivity contribution < 1.29 is 23.8 Å². The van der Waals surface area contributed by atoms with Gasteiger partial charge in [-0.15, -0.1) is 0 Å². The summed E-state index contributed by atoms with van der Waals surface area (Å²) in [6.07, 6.45) is 0. The van der Waals surface area contributed by atoms with Crippen molar-refractivity contribution in [2.24, 2.45) is 0 Å². The lowest BCUT2D eigenvalue weighted by Crippen LogP contribution is -2.23. The van der Waals surface area contributed by atoms with Crippen molar-refractivity contribution >= 4 is 59.7 Å². The first-order valence-corrected chi connectivity index (χ1v) is 8.05. The average molecular weight is 496 g/mol. The van der Waals surface area contributed by atoms with Crippen LogP contribution in [0.1, 0.15) is 20.7 Å². The van der Waals surface area contributed by atoms with E-state index in [-0.39, 0.29) is 11.3 Å². The summed E-state index contributed by atoms with van der Waals surface area (Å²) < 4.78 is 20.3. The van der Waals surface area contributed by atoms with E-state index in [4.69, 9.17) is 4.74 Å². The van der Waals surface area contributed by atoms with Crippen molar-refractivity contribution in [2.75, 3.05) is 0 Å². The Morgan fingerprint density at radius 3 is 2.32 bits per heavy atom. The second-order valence-corrected chi connectivity index (χ2v) is 6.63. The highest BCUT2D eigenvalue weighted by Crippen LogP contribution is 2.31. The summed E-state index contributed by atoms with van der Waals surface area (Å²) in [5.41, 5.74) is -0.392. The predicted octanol–water partition coefficient (Wildman–Crippen LogP) is 3.70. The van der Waals surface area contributed by atoms with Crippen LogP contribution in [-0.2, 0) is 0 Å². The number of hydrogen-bond acceptors (Lipinski definition) is 4. The molecule has 0 aliphatic carbocycles. The maximum Gasteiger partial charge on any atom is 0.344 e. The van der Waals surface area contributed by atoms with Crippen LogP contribution in [-0.4, -0.2) is 11.9 Å². The molecule has 0 saturated heterocycles. The maximum atomic E-state index is 13.5. The van der Waals surface area contributed by atoms with Gasteiger partial charge in [-0.1, -0.05) is 15.9 Å². The van der Waals surface area contributed by atoms with E-state index < -0.39 is 23.3 Å². The van der Waals surface area contributed by atoms with Crippen LogP contribution < -0.4 is 9.84 Å². The molecule has 114 valence electrons. The molecule has 2 aromatic rings. The Morgan fingerprint density at radius 1 is 1.05 bits per heavy atom.